The van der Waals surface area contributed by atoms with E-state index in [1.807, 2.05) is 6.92 Å². The molecule has 0 aliphatic heterocycles. The minimum absolute atomic E-state index is 0.0822. The van der Waals surface area contributed by atoms with Crippen molar-refractivity contribution in [3.05, 3.63) is 95.3 Å². The molecule has 0 aromatic heterocycles. The maximum atomic E-state index is 13.3. The van der Waals surface area contributed by atoms with Crippen molar-refractivity contribution in [1.82, 2.24) is 5.32 Å². The third kappa shape index (κ3) is 6.39. The number of aryl methyl sites for hydroxylation is 1. The summed E-state index contributed by atoms with van der Waals surface area (Å²) in [6, 6.07) is 16.9. The van der Waals surface area contributed by atoms with Crippen LogP contribution in [0.1, 0.15) is 33.9 Å². The molecule has 0 saturated carbocycles. The number of ether oxygens (including phenoxy) is 1. The van der Waals surface area contributed by atoms with Crippen LogP contribution in [0.4, 0.5) is 10.1 Å². The summed E-state index contributed by atoms with van der Waals surface area (Å²) in [7, 11) is -2.71. The number of hydrogen-bond acceptors (Lipinski definition) is 5. The molecular weight excluding hydrogens is 447 g/mol. The standard InChI is InChI=1S/C24H23FN2O5S/c1-16-6-12-20(13-7-16)27-33(30,31)21-5-3-4-18(14-21)24(29)26-22(15-23(28)32-2)17-8-10-19(25)11-9-17/h3-14,22,27H,15H2,1-2H3,(H,26,29). The molecule has 0 aliphatic carbocycles. The SMILES string of the molecule is COC(=O)CC(NC(=O)c1cccc(S(=O)(=O)Nc2ccc(C)cc2)c1)c1ccc(F)cc1. The molecule has 0 aliphatic rings. The van der Waals surface area contributed by atoms with Crippen molar-refractivity contribution in [3.63, 3.8) is 0 Å². The molecule has 1 unspecified atom stereocenters. The zero-order valence-electron chi connectivity index (χ0n) is 18.0. The molecule has 2 N–H and O–H groups in total. The van der Waals surface area contributed by atoms with E-state index in [1.54, 1.807) is 24.3 Å². The Bertz CT molecular complexity index is 1240. The van der Waals surface area contributed by atoms with E-state index < -0.39 is 33.8 Å². The molecule has 172 valence electrons. The average molecular weight is 471 g/mol. The van der Waals surface area contributed by atoms with E-state index in [9.17, 15) is 22.4 Å². The van der Waals surface area contributed by atoms with E-state index in [0.29, 0.717) is 11.3 Å². The van der Waals surface area contributed by atoms with Gasteiger partial charge in [-0.3, -0.25) is 14.3 Å². The van der Waals surface area contributed by atoms with Crippen molar-refractivity contribution in [2.45, 2.75) is 24.3 Å². The summed E-state index contributed by atoms with van der Waals surface area (Å²) < 4.78 is 46.0. The highest BCUT2D eigenvalue weighted by Crippen LogP contribution is 2.21. The van der Waals surface area contributed by atoms with Gasteiger partial charge in [0, 0.05) is 11.3 Å². The van der Waals surface area contributed by atoms with E-state index in [4.69, 9.17) is 0 Å². The molecule has 1 atom stereocenters. The molecule has 1 amide bonds. The summed E-state index contributed by atoms with van der Waals surface area (Å²) in [4.78, 5) is 24.6. The normalized spacial score (nSPS) is 12.0. The van der Waals surface area contributed by atoms with E-state index in [2.05, 4.69) is 14.8 Å². The van der Waals surface area contributed by atoms with Gasteiger partial charge < -0.3 is 10.1 Å². The lowest BCUT2D eigenvalue weighted by atomic mass is 10.0. The fourth-order valence-corrected chi connectivity index (χ4v) is 4.18. The summed E-state index contributed by atoms with van der Waals surface area (Å²) in [6.07, 6.45) is -0.180. The number of benzene rings is 3. The van der Waals surface area contributed by atoms with Crippen molar-refractivity contribution in [2.24, 2.45) is 0 Å². The molecule has 9 heteroatoms. The van der Waals surface area contributed by atoms with Crippen molar-refractivity contribution in [3.8, 4) is 0 Å². The Labute approximate surface area is 191 Å². The fraction of sp³-hybridized carbons (Fsp3) is 0.167. The second-order valence-electron chi connectivity index (χ2n) is 7.36. The first-order valence-corrected chi connectivity index (χ1v) is 11.5. The summed E-state index contributed by atoms with van der Waals surface area (Å²) in [5.41, 5.74) is 1.96. The topological polar surface area (TPSA) is 102 Å². The zero-order valence-corrected chi connectivity index (χ0v) is 18.9. The lowest BCUT2D eigenvalue weighted by Crippen LogP contribution is -2.30. The first kappa shape index (κ1) is 23.9. The van der Waals surface area contributed by atoms with Gasteiger partial charge in [0.1, 0.15) is 5.82 Å². The van der Waals surface area contributed by atoms with Crippen molar-refractivity contribution >= 4 is 27.6 Å². The van der Waals surface area contributed by atoms with Crippen molar-refractivity contribution in [2.75, 3.05) is 11.8 Å². The number of amides is 1. The Morgan fingerprint density at radius 1 is 1.00 bits per heavy atom. The first-order chi connectivity index (χ1) is 15.7. The van der Waals surface area contributed by atoms with Gasteiger partial charge in [-0.2, -0.15) is 0 Å². The maximum absolute atomic E-state index is 13.3. The number of anilines is 1. The quantitative estimate of drug-likeness (QED) is 0.485. The van der Waals surface area contributed by atoms with Gasteiger partial charge in [0.25, 0.3) is 15.9 Å². The number of carbonyl (C=O) groups excluding carboxylic acids is 2. The summed E-state index contributed by atoms with van der Waals surface area (Å²) in [6.45, 7) is 1.89. The molecule has 33 heavy (non-hydrogen) atoms. The number of esters is 1. The number of hydrogen-bond donors (Lipinski definition) is 2. The van der Waals surface area contributed by atoms with Crippen LogP contribution >= 0.6 is 0 Å². The average Bonchev–Trinajstić information content (AvgIpc) is 2.80. The van der Waals surface area contributed by atoms with E-state index in [1.165, 1.54) is 55.6 Å². The Balaban J connectivity index is 1.82. The lowest BCUT2D eigenvalue weighted by Gasteiger charge is -2.18. The molecule has 3 rings (SSSR count). The van der Waals surface area contributed by atoms with Gasteiger partial charge in [-0.1, -0.05) is 35.9 Å². The fourth-order valence-electron chi connectivity index (χ4n) is 3.08. The highest BCUT2D eigenvalue weighted by Gasteiger charge is 2.22. The second-order valence-corrected chi connectivity index (χ2v) is 9.04. The Morgan fingerprint density at radius 2 is 1.67 bits per heavy atom. The molecule has 3 aromatic carbocycles. The summed E-state index contributed by atoms with van der Waals surface area (Å²) >= 11 is 0. The molecule has 0 bridgehead atoms. The second kappa shape index (κ2) is 10.3. The Hall–Kier alpha value is -3.72. The Kier molecular flexibility index (Phi) is 7.44. The summed E-state index contributed by atoms with van der Waals surface area (Å²) in [5.74, 6) is -1.62. The Morgan fingerprint density at radius 3 is 2.30 bits per heavy atom. The van der Waals surface area contributed by atoms with E-state index in [-0.39, 0.29) is 16.9 Å². The van der Waals surface area contributed by atoms with Crippen LogP contribution in [0.2, 0.25) is 0 Å². The highest BCUT2D eigenvalue weighted by atomic mass is 32.2. The number of carbonyl (C=O) groups is 2. The van der Waals surface area contributed by atoms with Crippen LogP contribution in [0.3, 0.4) is 0 Å². The number of nitrogens with one attached hydrogen (secondary N) is 2. The predicted octanol–water partition coefficient (Wildman–Crippen LogP) is 3.97. The van der Waals surface area contributed by atoms with Gasteiger partial charge in [0.2, 0.25) is 0 Å². The van der Waals surface area contributed by atoms with Crippen molar-refractivity contribution < 1.29 is 27.1 Å². The number of methoxy groups -OCH3 is 1. The predicted molar refractivity (Wildman–Crippen MR) is 122 cm³/mol. The number of halogens is 1. The van der Waals surface area contributed by atoms with Crippen LogP contribution in [0.15, 0.2) is 77.7 Å². The maximum Gasteiger partial charge on any atom is 0.307 e. The molecule has 0 saturated heterocycles. The zero-order chi connectivity index (χ0) is 24.0. The van der Waals surface area contributed by atoms with Crippen LogP contribution in [0.5, 0.6) is 0 Å². The van der Waals surface area contributed by atoms with Crippen LogP contribution < -0.4 is 10.0 Å². The van der Waals surface area contributed by atoms with Crippen LogP contribution in [0, 0.1) is 12.7 Å². The number of rotatable bonds is 8. The molecule has 3 aromatic rings. The first-order valence-electron chi connectivity index (χ1n) is 10.0. The summed E-state index contributed by atoms with van der Waals surface area (Å²) in [5, 5.41) is 2.69. The van der Waals surface area contributed by atoms with Gasteiger partial charge in [0.15, 0.2) is 0 Å². The van der Waals surface area contributed by atoms with E-state index >= 15 is 0 Å². The third-order valence-corrected chi connectivity index (χ3v) is 6.27. The molecule has 0 radical (unpaired) electrons. The minimum Gasteiger partial charge on any atom is -0.469 e. The van der Waals surface area contributed by atoms with Crippen molar-refractivity contribution in [1.29, 1.82) is 0 Å². The van der Waals surface area contributed by atoms with Crippen LogP contribution in [-0.4, -0.2) is 27.4 Å². The highest BCUT2D eigenvalue weighted by molar-refractivity contribution is 7.92. The lowest BCUT2D eigenvalue weighted by molar-refractivity contribution is -0.141. The molecule has 0 heterocycles. The molecule has 0 fully saturated rings. The smallest absolute Gasteiger partial charge is 0.307 e. The largest absolute Gasteiger partial charge is 0.469 e. The van der Waals surface area contributed by atoms with Crippen LogP contribution in [0.25, 0.3) is 0 Å². The molecular formula is C24H23FN2O5S. The molecule has 0 spiro atoms. The third-order valence-electron chi connectivity index (χ3n) is 4.89. The van der Waals surface area contributed by atoms with Gasteiger partial charge in [-0.15, -0.1) is 0 Å². The van der Waals surface area contributed by atoms with Gasteiger partial charge >= 0.3 is 5.97 Å². The van der Waals surface area contributed by atoms with Crippen LogP contribution in [-0.2, 0) is 19.6 Å². The van der Waals surface area contributed by atoms with Gasteiger partial charge in [-0.05, 0) is 55.0 Å². The number of sulfonamides is 1. The monoisotopic (exact) mass is 470 g/mol. The van der Waals surface area contributed by atoms with E-state index in [0.717, 1.165) is 5.56 Å². The van der Waals surface area contributed by atoms with Gasteiger partial charge in [-0.25, -0.2) is 12.8 Å². The molecule has 7 nitrogen and oxygen atoms in total. The minimum atomic E-state index is -3.94. The van der Waals surface area contributed by atoms with Gasteiger partial charge in [0.05, 0.1) is 24.5 Å².